The Kier molecular flexibility index (Phi) is 7.39. The van der Waals surface area contributed by atoms with E-state index in [1.807, 2.05) is 51.1 Å². The summed E-state index contributed by atoms with van der Waals surface area (Å²) in [4.78, 5) is 28.4. The minimum atomic E-state index is -0.802. The molecule has 3 aromatic carbocycles. The fraction of sp³-hybridized carbons (Fsp3) is 0.290. The number of aliphatic hydroxyl groups is 1. The van der Waals surface area contributed by atoms with Gasteiger partial charge in [-0.2, -0.15) is 0 Å². The van der Waals surface area contributed by atoms with Crippen LogP contribution in [-0.4, -0.2) is 30.5 Å². The van der Waals surface area contributed by atoms with Crippen LogP contribution in [0, 0.1) is 26.7 Å². The molecule has 4 rings (SSSR count). The summed E-state index contributed by atoms with van der Waals surface area (Å²) in [5.74, 6) is 0.123. The molecule has 0 bridgehead atoms. The van der Waals surface area contributed by atoms with Crippen LogP contribution in [0.15, 0.2) is 66.2 Å². The molecule has 0 spiro atoms. The highest BCUT2D eigenvalue weighted by Crippen LogP contribution is 2.43. The maximum atomic E-state index is 13.5. The van der Waals surface area contributed by atoms with Crippen LogP contribution in [0.3, 0.4) is 0 Å². The molecule has 0 aliphatic carbocycles. The van der Waals surface area contributed by atoms with E-state index < -0.39 is 17.7 Å². The van der Waals surface area contributed by atoms with Gasteiger partial charge in [-0.3, -0.25) is 14.5 Å². The number of aryl methyl sites for hydroxylation is 3. The van der Waals surface area contributed by atoms with Crippen molar-refractivity contribution >= 4 is 23.1 Å². The number of ketones is 1. The van der Waals surface area contributed by atoms with Gasteiger partial charge in [-0.05, 0) is 85.3 Å². The summed E-state index contributed by atoms with van der Waals surface area (Å²) < 4.78 is 11.2. The van der Waals surface area contributed by atoms with Gasteiger partial charge in [0.25, 0.3) is 11.7 Å². The molecule has 1 aliphatic heterocycles. The van der Waals surface area contributed by atoms with Crippen molar-refractivity contribution in [2.24, 2.45) is 5.92 Å². The van der Waals surface area contributed by atoms with E-state index in [1.165, 1.54) is 4.90 Å². The Labute approximate surface area is 218 Å². The van der Waals surface area contributed by atoms with Crippen molar-refractivity contribution in [3.8, 4) is 11.5 Å². The van der Waals surface area contributed by atoms with Gasteiger partial charge < -0.3 is 14.6 Å². The van der Waals surface area contributed by atoms with Crippen molar-refractivity contribution < 1.29 is 24.2 Å². The Morgan fingerprint density at radius 2 is 1.65 bits per heavy atom. The molecule has 1 N–H and O–H groups in total. The number of amides is 1. The van der Waals surface area contributed by atoms with Gasteiger partial charge in [0.1, 0.15) is 17.3 Å². The van der Waals surface area contributed by atoms with Gasteiger partial charge in [0.2, 0.25) is 0 Å². The average Bonchev–Trinajstić information content (AvgIpc) is 3.14. The summed E-state index contributed by atoms with van der Waals surface area (Å²) >= 11 is 0. The van der Waals surface area contributed by atoms with Crippen molar-refractivity contribution in [1.82, 2.24) is 0 Å². The highest BCUT2D eigenvalue weighted by Gasteiger charge is 2.47. The molecule has 0 radical (unpaired) electrons. The molecule has 1 saturated heterocycles. The SMILES string of the molecule is COc1ccc(C2/C(=C(/O)c3ccc(OCC(C)C)c(C)c3)C(=O)C(=O)N2c2cc(C)ccc2C)cc1. The van der Waals surface area contributed by atoms with Crippen molar-refractivity contribution in [2.75, 3.05) is 18.6 Å². The van der Waals surface area contributed by atoms with E-state index in [4.69, 9.17) is 9.47 Å². The molecule has 37 heavy (non-hydrogen) atoms. The Morgan fingerprint density at radius 3 is 2.27 bits per heavy atom. The van der Waals surface area contributed by atoms with Crippen molar-refractivity contribution in [3.05, 3.63) is 94.1 Å². The molecule has 192 valence electrons. The second-order valence-electron chi connectivity index (χ2n) is 9.92. The lowest BCUT2D eigenvalue weighted by Gasteiger charge is -2.27. The zero-order valence-corrected chi connectivity index (χ0v) is 22.2. The Balaban J connectivity index is 1.88. The summed E-state index contributed by atoms with van der Waals surface area (Å²) in [6, 6.07) is 17.5. The number of rotatable bonds is 7. The maximum absolute atomic E-state index is 13.5. The number of nitrogens with zero attached hydrogens (tertiary/aromatic N) is 1. The van der Waals surface area contributed by atoms with Crippen LogP contribution in [0.5, 0.6) is 11.5 Å². The lowest BCUT2D eigenvalue weighted by atomic mass is 9.94. The number of carbonyl (C=O) groups is 2. The standard InChI is InChI=1S/C31H33NO5/c1-18(2)17-37-26-14-11-23(16-21(26)5)29(33)27-28(22-9-12-24(36-6)13-10-22)32(31(35)30(27)34)25-15-19(3)7-8-20(25)4/h7-16,18,28,33H,17H2,1-6H3/b29-27-. The number of carbonyl (C=O) groups excluding carboxylic acids is 2. The normalized spacial score (nSPS) is 16.9. The van der Waals surface area contributed by atoms with Crippen LogP contribution in [0.25, 0.3) is 5.76 Å². The first-order valence-electron chi connectivity index (χ1n) is 12.4. The van der Waals surface area contributed by atoms with E-state index >= 15 is 0 Å². The molecule has 1 amide bonds. The van der Waals surface area contributed by atoms with Crippen molar-refractivity contribution in [3.63, 3.8) is 0 Å². The summed E-state index contributed by atoms with van der Waals surface area (Å²) in [5.41, 5.74) is 4.47. The van der Waals surface area contributed by atoms with Crippen LogP contribution in [0.1, 0.15) is 47.7 Å². The number of benzene rings is 3. The second-order valence-corrected chi connectivity index (χ2v) is 9.92. The summed E-state index contributed by atoms with van der Waals surface area (Å²) in [5, 5.41) is 11.5. The lowest BCUT2D eigenvalue weighted by Crippen LogP contribution is -2.30. The van der Waals surface area contributed by atoms with Gasteiger partial charge in [-0.25, -0.2) is 0 Å². The Morgan fingerprint density at radius 1 is 0.946 bits per heavy atom. The highest BCUT2D eigenvalue weighted by atomic mass is 16.5. The van der Waals surface area contributed by atoms with Gasteiger partial charge in [-0.15, -0.1) is 0 Å². The van der Waals surface area contributed by atoms with Gasteiger partial charge in [-0.1, -0.05) is 38.1 Å². The van der Waals surface area contributed by atoms with E-state index in [0.717, 1.165) is 16.7 Å². The van der Waals surface area contributed by atoms with E-state index in [2.05, 4.69) is 13.8 Å². The van der Waals surface area contributed by atoms with Crippen molar-refractivity contribution in [2.45, 2.75) is 40.7 Å². The van der Waals surface area contributed by atoms with Gasteiger partial charge in [0.05, 0.1) is 25.3 Å². The van der Waals surface area contributed by atoms with Crippen LogP contribution in [-0.2, 0) is 9.59 Å². The number of Topliss-reactive ketones (excluding diaryl/α,β-unsaturated/α-hetero) is 1. The number of anilines is 1. The quantitative estimate of drug-likeness (QED) is 0.235. The van der Waals surface area contributed by atoms with Gasteiger partial charge in [0, 0.05) is 11.3 Å². The largest absolute Gasteiger partial charge is 0.507 e. The Bertz CT molecular complexity index is 1370. The first kappa shape index (κ1) is 26.0. The summed E-state index contributed by atoms with van der Waals surface area (Å²) in [7, 11) is 1.58. The topological polar surface area (TPSA) is 76.1 Å². The number of ether oxygens (including phenoxy) is 2. The van der Waals surface area contributed by atoms with E-state index in [1.54, 1.807) is 37.4 Å². The zero-order valence-electron chi connectivity index (χ0n) is 22.2. The Hall–Kier alpha value is -4.06. The molecule has 0 aromatic heterocycles. The molecule has 1 heterocycles. The number of hydrogen-bond donors (Lipinski definition) is 1. The third kappa shape index (κ3) is 5.10. The van der Waals surface area contributed by atoms with Gasteiger partial charge in [0.15, 0.2) is 0 Å². The predicted octanol–water partition coefficient (Wildman–Crippen LogP) is 6.28. The van der Waals surface area contributed by atoms with Crippen molar-refractivity contribution in [1.29, 1.82) is 0 Å². The number of hydrogen-bond acceptors (Lipinski definition) is 5. The molecule has 1 atom stereocenters. The van der Waals surface area contributed by atoms with Crippen LogP contribution in [0.4, 0.5) is 5.69 Å². The second kappa shape index (κ2) is 10.5. The van der Waals surface area contributed by atoms with Crippen LogP contribution in [0.2, 0.25) is 0 Å². The van der Waals surface area contributed by atoms with Gasteiger partial charge >= 0.3 is 0 Å². The third-order valence-corrected chi connectivity index (χ3v) is 6.52. The molecule has 6 nitrogen and oxygen atoms in total. The predicted molar refractivity (Wildman–Crippen MR) is 145 cm³/mol. The number of methoxy groups -OCH3 is 1. The molecule has 1 fully saturated rings. The molecule has 3 aromatic rings. The van der Waals surface area contributed by atoms with E-state index in [0.29, 0.717) is 40.8 Å². The molecule has 6 heteroatoms. The molecular formula is C31H33NO5. The summed E-state index contributed by atoms with van der Waals surface area (Å²) in [6.07, 6.45) is 0. The first-order valence-corrected chi connectivity index (χ1v) is 12.4. The third-order valence-electron chi connectivity index (χ3n) is 6.52. The average molecular weight is 500 g/mol. The highest BCUT2D eigenvalue weighted by molar-refractivity contribution is 6.51. The fourth-order valence-corrected chi connectivity index (χ4v) is 4.53. The van der Waals surface area contributed by atoms with E-state index in [-0.39, 0.29) is 11.3 Å². The molecule has 0 saturated carbocycles. The molecule has 1 unspecified atom stereocenters. The van der Waals surface area contributed by atoms with E-state index in [9.17, 15) is 14.7 Å². The van der Waals surface area contributed by atoms with Crippen LogP contribution < -0.4 is 14.4 Å². The maximum Gasteiger partial charge on any atom is 0.300 e. The molecule has 1 aliphatic rings. The summed E-state index contributed by atoms with van der Waals surface area (Å²) in [6.45, 7) is 10.5. The molecular weight excluding hydrogens is 466 g/mol. The lowest BCUT2D eigenvalue weighted by molar-refractivity contribution is -0.132. The minimum Gasteiger partial charge on any atom is -0.507 e. The monoisotopic (exact) mass is 499 g/mol. The smallest absolute Gasteiger partial charge is 0.300 e. The zero-order chi connectivity index (χ0) is 26.9. The minimum absolute atomic E-state index is 0.0475. The number of aliphatic hydroxyl groups excluding tert-OH is 1. The first-order chi connectivity index (χ1) is 17.6. The van der Waals surface area contributed by atoms with Crippen LogP contribution >= 0.6 is 0 Å². The fourth-order valence-electron chi connectivity index (χ4n) is 4.53.